The Morgan fingerprint density at radius 3 is 2.79 bits per heavy atom. The lowest BCUT2D eigenvalue weighted by Gasteiger charge is -2.30. The molecule has 1 aliphatic heterocycles. The van der Waals surface area contributed by atoms with Crippen molar-refractivity contribution in [2.24, 2.45) is 0 Å². The Morgan fingerprint density at radius 2 is 2.12 bits per heavy atom. The molecule has 1 fully saturated rings. The zero-order valence-electron chi connectivity index (χ0n) is 14.9. The smallest absolute Gasteiger partial charge is 0.223 e. The van der Waals surface area contributed by atoms with Crippen LogP contribution in [0.5, 0.6) is 0 Å². The summed E-state index contributed by atoms with van der Waals surface area (Å²) in [6.07, 6.45) is 5.62. The van der Waals surface area contributed by atoms with E-state index in [2.05, 4.69) is 22.0 Å². The van der Waals surface area contributed by atoms with Crippen LogP contribution in [0.15, 0.2) is 16.5 Å². The van der Waals surface area contributed by atoms with Crippen LogP contribution in [0, 0.1) is 20.8 Å². The summed E-state index contributed by atoms with van der Waals surface area (Å²) < 4.78 is 5.60. The van der Waals surface area contributed by atoms with Crippen LogP contribution in [0.25, 0.3) is 0 Å². The Bertz CT molecular complexity index is 682. The van der Waals surface area contributed by atoms with Gasteiger partial charge in [0.15, 0.2) is 0 Å². The molecule has 3 rings (SSSR count). The molecule has 1 aliphatic rings. The fourth-order valence-corrected chi connectivity index (χ4v) is 3.75. The zero-order chi connectivity index (χ0) is 17.1. The number of hydrogen-bond acceptors (Lipinski definition) is 3. The lowest BCUT2D eigenvalue weighted by molar-refractivity contribution is -0.133. The van der Waals surface area contributed by atoms with Gasteiger partial charge < -0.3 is 9.32 Å². The summed E-state index contributed by atoms with van der Waals surface area (Å²) >= 11 is 0. The number of rotatable bonds is 4. The van der Waals surface area contributed by atoms with Crippen LogP contribution in [0.3, 0.4) is 0 Å². The second-order valence-electron chi connectivity index (χ2n) is 6.81. The molecule has 0 aliphatic carbocycles. The van der Waals surface area contributed by atoms with Gasteiger partial charge in [0.05, 0.1) is 11.7 Å². The first-order valence-corrected chi connectivity index (χ1v) is 8.92. The molecule has 0 radical (unpaired) electrons. The summed E-state index contributed by atoms with van der Waals surface area (Å²) in [5, 5.41) is 7.41. The normalized spacial score (nSPS) is 18.6. The highest BCUT2D eigenvalue weighted by Crippen LogP contribution is 2.33. The van der Waals surface area contributed by atoms with Crippen molar-refractivity contribution in [3.63, 3.8) is 0 Å². The lowest BCUT2D eigenvalue weighted by atomic mass is 9.98. The van der Waals surface area contributed by atoms with Crippen LogP contribution in [0.2, 0.25) is 0 Å². The molecule has 1 unspecified atom stereocenters. The van der Waals surface area contributed by atoms with E-state index in [1.54, 1.807) is 0 Å². The van der Waals surface area contributed by atoms with Crippen LogP contribution >= 0.6 is 0 Å². The molecule has 1 atom stereocenters. The van der Waals surface area contributed by atoms with Crippen LogP contribution in [-0.4, -0.2) is 27.5 Å². The van der Waals surface area contributed by atoms with Gasteiger partial charge in [-0.2, -0.15) is 5.10 Å². The molecule has 2 aromatic heterocycles. The highest BCUT2D eigenvalue weighted by molar-refractivity contribution is 5.77. The quantitative estimate of drug-likeness (QED) is 0.922. The number of aryl methyl sites for hydroxylation is 4. The van der Waals surface area contributed by atoms with Crippen molar-refractivity contribution in [2.75, 3.05) is 6.54 Å². The number of furan rings is 1. The van der Waals surface area contributed by atoms with Crippen molar-refractivity contribution < 1.29 is 9.21 Å². The van der Waals surface area contributed by atoms with Crippen LogP contribution < -0.4 is 0 Å². The number of H-pyrrole nitrogens is 1. The van der Waals surface area contributed by atoms with E-state index in [4.69, 9.17) is 4.42 Å². The lowest BCUT2D eigenvalue weighted by Crippen LogP contribution is -2.35. The molecular weight excluding hydrogens is 302 g/mol. The van der Waals surface area contributed by atoms with Crippen molar-refractivity contribution in [2.45, 2.75) is 65.3 Å². The summed E-state index contributed by atoms with van der Waals surface area (Å²) in [6.45, 7) is 6.85. The third kappa shape index (κ3) is 3.55. The monoisotopic (exact) mass is 329 g/mol. The average molecular weight is 329 g/mol. The molecular formula is C19H27N3O2. The largest absolute Gasteiger partial charge is 0.466 e. The molecule has 5 heteroatoms. The molecule has 0 spiro atoms. The minimum atomic E-state index is 0.150. The molecule has 0 bridgehead atoms. The van der Waals surface area contributed by atoms with Gasteiger partial charge in [0.25, 0.3) is 0 Å². The predicted molar refractivity (Wildman–Crippen MR) is 92.7 cm³/mol. The van der Waals surface area contributed by atoms with Gasteiger partial charge in [0, 0.05) is 30.6 Å². The van der Waals surface area contributed by atoms with Gasteiger partial charge in [-0.25, -0.2) is 0 Å². The van der Waals surface area contributed by atoms with E-state index in [1.165, 1.54) is 12.0 Å². The maximum atomic E-state index is 12.9. The number of aromatic amines is 1. The van der Waals surface area contributed by atoms with Gasteiger partial charge >= 0.3 is 0 Å². The molecule has 5 nitrogen and oxygen atoms in total. The summed E-state index contributed by atoms with van der Waals surface area (Å²) in [6, 6.07) is 4.07. The van der Waals surface area contributed by atoms with Crippen molar-refractivity contribution in [1.82, 2.24) is 15.1 Å². The first-order valence-electron chi connectivity index (χ1n) is 8.92. The molecule has 3 heterocycles. The highest BCUT2D eigenvalue weighted by atomic mass is 16.3. The maximum Gasteiger partial charge on any atom is 0.223 e. The van der Waals surface area contributed by atoms with Crippen LogP contribution in [0.4, 0.5) is 0 Å². The van der Waals surface area contributed by atoms with Gasteiger partial charge in [-0.15, -0.1) is 0 Å². The summed E-state index contributed by atoms with van der Waals surface area (Å²) in [7, 11) is 0. The Morgan fingerprint density at radius 1 is 1.29 bits per heavy atom. The molecule has 2 aromatic rings. The predicted octanol–water partition coefficient (Wildman–Crippen LogP) is 4.00. The Hall–Kier alpha value is -2.04. The Kier molecular flexibility index (Phi) is 5.07. The van der Waals surface area contributed by atoms with E-state index < -0.39 is 0 Å². The van der Waals surface area contributed by atoms with Gasteiger partial charge in [0.2, 0.25) is 5.91 Å². The second-order valence-corrected chi connectivity index (χ2v) is 6.81. The molecule has 0 aromatic carbocycles. The molecule has 1 amide bonds. The standard InChI is InChI=1S/C19H27N3O2/c1-13-8-9-16(24-13)10-11-18(23)22-12-6-4-5-7-17(22)19-14(2)20-21-15(19)3/h8-9,17H,4-7,10-12H2,1-3H3,(H,20,21). The number of nitrogens with one attached hydrogen (secondary N) is 1. The van der Waals surface area contributed by atoms with Gasteiger partial charge in [-0.1, -0.05) is 12.8 Å². The van der Waals surface area contributed by atoms with Crippen LogP contribution in [0.1, 0.15) is 66.6 Å². The third-order valence-corrected chi connectivity index (χ3v) is 4.97. The number of carbonyl (C=O) groups excluding carboxylic acids is 1. The van der Waals surface area contributed by atoms with Crippen molar-refractivity contribution in [3.8, 4) is 0 Å². The maximum absolute atomic E-state index is 12.9. The summed E-state index contributed by atoms with van der Waals surface area (Å²) in [5.41, 5.74) is 3.30. The summed E-state index contributed by atoms with van der Waals surface area (Å²) in [4.78, 5) is 15.0. The SMILES string of the molecule is Cc1ccc(CCC(=O)N2CCCCCC2c2c(C)n[nH]c2C)o1. The van der Waals surface area contributed by atoms with E-state index in [1.807, 2.05) is 26.0 Å². The number of likely N-dealkylation sites (tertiary alicyclic amines) is 1. The number of nitrogens with zero attached hydrogens (tertiary/aromatic N) is 2. The average Bonchev–Trinajstić information content (AvgIpc) is 3.02. The molecule has 1 saturated heterocycles. The second kappa shape index (κ2) is 7.24. The fourth-order valence-electron chi connectivity index (χ4n) is 3.75. The van der Waals surface area contributed by atoms with Crippen molar-refractivity contribution >= 4 is 5.91 Å². The van der Waals surface area contributed by atoms with Crippen LogP contribution in [-0.2, 0) is 11.2 Å². The minimum Gasteiger partial charge on any atom is -0.466 e. The number of amides is 1. The first kappa shape index (κ1) is 16.8. The molecule has 130 valence electrons. The topological polar surface area (TPSA) is 62.1 Å². The van der Waals surface area contributed by atoms with Gasteiger partial charge in [0.1, 0.15) is 11.5 Å². The van der Waals surface area contributed by atoms with Gasteiger partial charge in [-0.05, 0) is 45.7 Å². The van der Waals surface area contributed by atoms with E-state index in [0.29, 0.717) is 12.8 Å². The number of hydrogen-bond donors (Lipinski definition) is 1. The fraction of sp³-hybridized carbons (Fsp3) is 0.579. The Labute approximate surface area is 143 Å². The van der Waals surface area contributed by atoms with E-state index in [0.717, 1.165) is 48.7 Å². The molecule has 0 saturated carbocycles. The van der Waals surface area contributed by atoms with E-state index in [-0.39, 0.29) is 11.9 Å². The van der Waals surface area contributed by atoms with Crippen molar-refractivity contribution in [3.05, 3.63) is 40.6 Å². The minimum absolute atomic E-state index is 0.150. The summed E-state index contributed by atoms with van der Waals surface area (Å²) in [5.74, 6) is 2.01. The third-order valence-electron chi connectivity index (χ3n) is 4.97. The molecule has 24 heavy (non-hydrogen) atoms. The van der Waals surface area contributed by atoms with E-state index >= 15 is 0 Å². The number of carbonyl (C=O) groups is 1. The van der Waals surface area contributed by atoms with Gasteiger partial charge in [-0.3, -0.25) is 9.89 Å². The van der Waals surface area contributed by atoms with E-state index in [9.17, 15) is 4.79 Å². The zero-order valence-corrected chi connectivity index (χ0v) is 14.9. The first-order chi connectivity index (χ1) is 11.6. The number of aromatic nitrogens is 2. The molecule has 1 N–H and O–H groups in total. The van der Waals surface area contributed by atoms with Crippen molar-refractivity contribution in [1.29, 1.82) is 0 Å². The highest BCUT2D eigenvalue weighted by Gasteiger charge is 2.29. The Balaban J connectivity index is 1.75.